The van der Waals surface area contributed by atoms with Gasteiger partial charge in [-0.3, -0.25) is 4.79 Å². The number of ether oxygens (including phenoxy) is 2. The third-order valence-corrected chi connectivity index (χ3v) is 6.46. The van der Waals surface area contributed by atoms with Crippen LogP contribution in [0.15, 0.2) is 65.7 Å². The van der Waals surface area contributed by atoms with Crippen molar-refractivity contribution >= 4 is 29.0 Å². The largest absolute Gasteiger partial charge is 0.497 e. The molecule has 0 unspecified atom stereocenters. The first-order valence-electron chi connectivity index (χ1n) is 11.2. The summed E-state index contributed by atoms with van der Waals surface area (Å²) < 4.78 is 51.5. The molecule has 0 aromatic heterocycles. The van der Waals surface area contributed by atoms with Crippen molar-refractivity contribution in [3.05, 3.63) is 82.4 Å². The van der Waals surface area contributed by atoms with E-state index in [-0.39, 0.29) is 17.3 Å². The second-order valence-electron chi connectivity index (χ2n) is 8.34. The molecule has 3 aromatic rings. The van der Waals surface area contributed by atoms with E-state index in [4.69, 9.17) is 21.1 Å². The van der Waals surface area contributed by atoms with E-state index >= 15 is 0 Å². The van der Waals surface area contributed by atoms with Crippen LogP contribution in [0.3, 0.4) is 0 Å². The maximum absolute atomic E-state index is 13.4. The second-order valence-corrected chi connectivity index (χ2v) is 8.75. The summed E-state index contributed by atoms with van der Waals surface area (Å²) in [5.74, 6) is 1.50. The van der Waals surface area contributed by atoms with Crippen LogP contribution in [-0.4, -0.2) is 54.8 Å². The molecule has 2 aliphatic heterocycles. The number of halogens is 4. The molecule has 10 heteroatoms. The Morgan fingerprint density at radius 2 is 1.72 bits per heavy atom. The van der Waals surface area contributed by atoms with Crippen molar-refractivity contribution in [3.63, 3.8) is 0 Å². The van der Waals surface area contributed by atoms with Crippen LogP contribution in [0.1, 0.15) is 21.5 Å². The number of benzene rings is 3. The topological polar surface area (TPSA) is 54.4 Å². The van der Waals surface area contributed by atoms with Gasteiger partial charge in [0, 0.05) is 26.2 Å². The smallest absolute Gasteiger partial charge is 0.416 e. The van der Waals surface area contributed by atoms with Gasteiger partial charge in [0.05, 0.1) is 28.8 Å². The maximum atomic E-state index is 13.4. The Bertz CT molecular complexity index is 1350. The maximum Gasteiger partial charge on any atom is 0.416 e. The number of carbonyl (C=O) groups is 1. The summed E-state index contributed by atoms with van der Waals surface area (Å²) in [6.07, 6.45) is -4.52. The van der Waals surface area contributed by atoms with Gasteiger partial charge in [0.1, 0.15) is 23.0 Å². The van der Waals surface area contributed by atoms with Crippen molar-refractivity contribution in [3.8, 4) is 17.2 Å². The highest BCUT2D eigenvalue weighted by atomic mass is 35.5. The molecule has 1 fully saturated rings. The Morgan fingerprint density at radius 1 is 1.00 bits per heavy atom. The molecule has 0 atom stereocenters. The number of amides is 1. The number of alkyl halides is 3. The normalized spacial score (nSPS) is 15.3. The predicted octanol–water partition coefficient (Wildman–Crippen LogP) is 6.01. The van der Waals surface area contributed by atoms with E-state index in [9.17, 15) is 18.0 Å². The molecule has 0 saturated carbocycles. The van der Waals surface area contributed by atoms with Gasteiger partial charge in [0.15, 0.2) is 5.75 Å². The summed E-state index contributed by atoms with van der Waals surface area (Å²) >= 11 is 6.20. The van der Waals surface area contributed by atoms with Crippen LogP contribution < -0.4 is 9.47 Å². The number of aliphatic imine (C=N–C) groups is 1. The van der Waals surface area contributed by atoms with Gasteiger partial charge in [-0.2, -0.15) is 13.2 Å². The number of fused-ring (bicyclic) bond motifs is 2. The Morgan fingerprint density at radius 3 is 2.42 bits per heavy atom. The van der Waals surface area contributed by atoms with E-state index < -0.39 is 11.7 Å². The minimum absolute atomic E-state index is 0.0737. The summed E-state index contributed by atoms with van der Waals surface area (Å²) in [6, 6.07) is 15.3. The SMILES string of the molecule is COc1ccc2c(c1)C(N1CCN(C(=O)c3ccccc3Cl)CC1)=Nc1cc(C(F)(F)F)ccc1O2. The summed E-state index contributed by atoms with van der Waals surface area (Å²) in [4.78, 5) is 21.3. The van der Waals surface area contributed by atoms with Gasteiger partial charge in [-0.15, -0.1) is 0 Å². The van der Waals surface area contributed by atoms with Gasteiger partial charge < -0.3 is 19.3 Å². The highest BCUT2D eigenvalue weighted by Crippen LogP contribution is 2.42. The molecule has 2 aliphatic rings. The number of carbonyl (C=O) groups excluding carboxylic acids is 1. The monoisotopic (exact) mass is 515 g/mol. The lowest BCUT2D eigenvalue weighted by Crippen LogP contribution is -2.50. The number of piperazine rings is 1. The zero-order valence-corrected chi connectivity index (χ0v) is 19.9. The van der Waals surface area contributed by atoms with Crippen LogP contribution in [-0.2, 0) is 6.18 Å². The van der Waals surface area contributed by atoms with Crippen molar-refractivity contribution in [1.82, 2.24) is 9.80 Å². The Kier molecular flexibility index (Phi) is 6.26. The molecule has 0 N–H and O–H groups in total. The number of hydrogen-bond donors (Lipinski definition) is 0. The lowest BCUT2D eigenvalue weighted by molar-refractivity contribution is -0.137. The van der Waals surface area contributed by atoms with Crippen LogP contribution in [0, 0.1) is 0 Å². The molecule has 5 rings (SSSR count). The van der Waals surface area contributed by atoms with Gasteiger partial charge in [0.25, 0.3) is 5.91 Å². The van der Waals surface area contributed by atoms with Gasteiger partial charge in [0.2, 0.25) is 0 Å². The molecule has 186 valence electrons. The molecular formula is C26H21ClF3N3O3. The van der Waals surface area contributed by atoms with E-state index in [0.29, 0.717) is 59.7 Å². The number of methoxy groups -OCH3 is 1. The molecular weight excluding hydrogens is 495 g/mol. The number of amidine groups is 1. The highest BCUT2D eigenvalue weighted by Gasteiger charge is 2.33. The van der Waals surface area contributed by atoms with Gasteiger partial charge >= 0.3 is 6.18 Å². The first-order chi connectivity index (χ1) is 17.2. The van der Waals surface area contributed by atoms with E-state index in [1.165, 1.54) is 13.2 Å². The molecule has 0 aliphatic carbocycles. The van der Waals surface area contributed by atoms with Crippen molar-refractivity contribution in [2.24, 2.45) is 4.99 Å². The van der Waals surface area contributed by atoms with Crippen molar-refractivity contribution in [2.75, 3.05) is 33.3 Å². The van der Waals surface area contributed by atoms with Crippen molar-refractivity contribution in [2.45, 2.75) is 6.18 Å². The second kappa shape index (κ2) is 9.39. The fraction of sp³-hybridized carbons (Fsp3) is 0.231. The van der Waals surface area contributed by atoms with E-state index in [2.05, 4.69) is 4.99 Å². The first kappa shape index (κ1) is 24.0. The minimum Gasteiger partial charge on any atom is -0.497 e. The summed E-state index contributed by atoms with van der Waals surface area (Å²) in [7, 11) is 1.53. The van der Waals surface area contributed by atoms with Crippen molar-refractivity contribution in [1.29, 1.82) is 0 Å². The fourth-order valence-electron chi connectivity index (χ4n) is 4.23. The zero-order chi connectivity index (χ0) is 25.4. The van der Waals surface area contributed by atoms with E-state index in [0.717, 1.165) is 12.1 Å². The quantitative estimate of drug-likeness (QED) is 0.419. The number of nitrogens with zero attached hydrogens (tertiary/aromatic N) is 3. The molecule has 0 radical (unpaired) electrons. The molecule has 2 heterocycles. The third kappa shape index (κ3) is 4.58. The third-order valence-electron chi connectivity index (χ3n) is 6.13. The summed E-state index contributed by atoms with van der Waals surface area (Å²) in [5.41, 5.74) is 0.276. The van der Waals surface area contributed by atoms with Crippen LogP contribution in [0.25, 0.3) is 0 Å². The molecule has 6 nitrogen and oxygen atoms in total. The molecule has 0 spiro atoms. The lowest BCUT2D eigenvalue weighted by atomic mass is 10.1. The lowest BCUT2D eigenvalue weighted by Gasteiger charge is -2.36. The fourth-order valence-corrected chi connectivity index (χ4v) is 4.44. The average molecular weight is 516 g/mol. The standard InChI is InChI=1S/C26H21ClF3N3O3/c1-35-17-7-9-22-19(15-17)24(31-21-14-16(26(28,29)30)6-8-23(21)36-22)32-10-12-33(13-11-32)25(34)18-4-2-3-5-20(18)27/h2-9,14-15H,10-13H2,1H3. The van der Waals surface area contributed by atoms with Gasteiger partial charge in [-0.05, 0) is 48.5 Å². The minimum atomic E-state index is -4.52. The molecule has 3 aromatic carbocycles. The van der Waals surface area contributed by atoms with E-state index in [1.807, 2.05) is 4.90 Å². The first-order valence-corrected chi connectivity index (χ1v) is 11.6. The van der Waals surface area contributed by atoms with Crippen LogP contribution >= 0.6 is 11.6 Å². The zero-order valence-electron chi connectivity index (χ0n) is 19.2. The van der Waals surface area contributed by atoms with Crippen LogP contribution in [0.5, 0.6) is 17.2 Å². The molecule has 0 bridgehead atoms. The Balaban J connectivity index is 1.49. The Hall–Kier alpha value is -3.72. The molecule has 1 saturated heterocycles. The van der Waals surface area contributed by atoms with Crippen molar-refractivity contribution < 1.29 is 27.4 Å². The van der Waals surface area contributed by atoms with Crippen LogP contribution in [0.2, 0.25) is 5.02 Å². The number of rotatable bonds is 2. The van der Waals surface area contributed by atoms with Crippen LogP contribution in [0.4, 0.5) is 18.9 Å². The Labute approximate surface area is 210 Å². The summed E-state index contributed by atoms with van der Waals surface area (Å²) in [6.45, 7) is 1.61. The summed E-state index contributed by atoms with van der Waals surface area (Å²) in [5, 5.41) is 0.383. The molecule has 1 amide bonds. The predicted molar refractivity (Wildman–Crippen MR) is 130 cm³/mol. The number of hydrogen-bond acceptors (Lipinski definition) is 5. The highest BCUT2D eigenvalue weighted by molar-refractivity contribution is 6.33. The van der Waals surface area contributed by atoms with E-state index in [1.54, 1.807) is 47.4 Å². The molecule has 36 heavy (non-hydrogen) atoms. The van der Waals surface area contributed by atoms with Gasteiger partial charge in [-0.25, -0.2) is 4.99 Å². The average Bonchev–Trinajstić information content (AvgIpc) is 3.04. The van der Waals surface area contributed by atoms with Gasteiger partial charge in [-0.1, -0.05) is 23.7 Å².